The fourth-order valence-electron chi connectivity index (χ4n) is 3.76. The van der Waals surface area contributed by atoms with Gasteiger partial charge in [0.15, 0.2) is 0 Å². The average molecular weight is 470 g/mol. The second-order valence-electron chi connectivity index (χ2n) is 8.15. The van der Waals surface area contributed by atoms with Gasteiger partial charge in [0.05, 0.1) is 26.0 Å². The zero-order valence-electron chi connectivity index (χ0n) is 21.7. The van der Waals surface area contributed by atoms with Gasteiger partial charge < -0.3 is 23.8 Å². The number of hydrogen-bond donors (Lipinski definition) is 0. The quantitative estimate of drug-likeness (QED) is 0.135. The minimum Gasteiger partial charge on any atom is -0.496 e. The zero-order valence-corrected chi connectivity index (χ0v) is 21.7. The van der Waals surface area contributed by atoms with Crippen molar-refractivity contribution in [2.24, 2.45) is 5.16 Å². The summed E-state index contributed by atoms with van der Waals surface area (Å²) in [6, 6.07) is 7.98. The van der Waals surface area contributed by atoms with Gasteiger partial charge in [0.25, 0.3) is 0 Å². The van der Waals surface area contributed by atoms with Gasteiger partial charge >= 0.3 is 0 Å². The van der Waals surface area contributed by atoms with Gasteiger partial charge in [0, 0.05) is 11.1 Å². The maximum Gasteiger partial charge on any atom is 0.134 e. The molecule has 0 aliphatic heterocycles. The summed E-state index contributed by atoms with van der Waals surface area (Å²) in [5, 5.41) is 4.01. The van der Waals surface area contributed by atoms with Crippen molar-refractivity contribution in [2.45, 2.75) is 53.9 Å². The molecular weight excluding hydrogens is 430 g/mol. The van der Waals surface area contributed by atoms with E-state index in [1.54, 1.807) is 7.11 Å². The van der Waals surface area contributed by atoms with E-state index in [0.717, 1.165) is 70.2 Å². The fraction of sp³-hybridized carbons (Fsp3) is 0.464. The Morgan fingerprint density at radius 1 is 0.882 bits per heavy atom. The number of allylic oxidation sites excluding steroid dienone is 1. The highest BCUT2D eigenvalue weighted by Crippen LogP contribution is 2.32. The molecule has 0 bridgehead atoms. The van der Waals surface area contributed by atoms with E-state index in [-0.39, 0.29) is 0 Å². The van der Waals surface area contributed by atoms with Crippen LogP contribution in [0.25, 0.3) is 0 Å². The van der Waals surface area contributed by atoms with Crippen molar-refractivity contribution < 1.29 is 23.8 Å². The van der Waals surface area contributed by atoms with Crippen LogP contribution in [0.3, 0.4) is 0 Å². The number of nitrogens with zero attached hydrogens (tertiary/aromatic N) is 1. The molecule has 34 heavy (non-hydrogen) atoms. The third kappa shape index (κ3) is 7.72. The molecule has 2 rings (SSSR count). The Morgan fingerprint density at radius 2 is 1.56 bits per heavy atom. The lowest BCUT2D eigenvalue weighted by molar-refractivity contribution is 0.213. The van der Waals surface area contributed by atoms with Crippen molar-refractivity contribution >= 4 is 5.71 Å². The van der Waals surface area contributed by atoms with Crippen LogP contribution in [0.2, 0.25) is 0 Å². The molecule has 0 aliphatic rings. The number of rotatable bonds is 14. The van der Waals surface area contributed by atoms with Crippen LogP contribution in [-0.4, -0.2) is 39.8 Å². The van der Waals surface area contributed by atoms with Gasteiger partial charge in [-0.1, -0.05) is 17.3 Å². The normalized spacial score (nSPS) is 11.6. The smallest absolute Gasteiger partial charge is 0.134 e. The molecule has 0 fully saturated rings. The predicted octanol–water partition coefficient (Wildman–Crippen LogP) is 6.57. The van der Waals surface area contributed by atoms with E-state index in [4.69, 9.17) is 23.8 Å². The van der Waals surface area contributed by atoms with E-state index < -0.39 is 0 Å². The van der Waals surface area contributed by atoms with Crippen molar-refractivity contribution in [3.63, 3.8) is 0 Å². The van der Waals surface area contributed by atoms with Gasteiger partial charge in [-0.15, -0.1) is 0 Å². The SMILES string of the molecule is C/C=C/COc1cc(C)c(OCCCCCOc2ccc(C(C)=NOC)c(OC)c2C)c(C)c1. The Morgan fingerprint density at radius 3 is 2.18 bits per heavy atom. The molecule has 0 saturated carbocycles. The molecule has 0 radical (unpaired) electrons. The molecule has 0 aromatic heterocycles. The highest BCUT2D eigenvalue weighted by Gasteiger charge is 2.14. The molecule has 6 nitrogen and oxygen atoms in total. The van der Waals surface area contributed by atoms with E-state index in [0.29, 0.717) is 19.8 Å². The highest BCUT2D eigenvalue weighted by molar-refractivity contribution is 6.01. The standard InChI is InChI=1S/C28H39NO5/c1-8-9-15-32-24-18-20(2)27(21(3)19-24)34-17-12-10-11-16-33-26-14-13-25(23(5)29-31-7)28(30-6)22(26)4/h8-9,13-14,18-19H,10-12,15-17H2,1-7H3/b9-8+,29-23?. The third-order valence-corrected chi connectivity index (χ3v) is 5.49. The van der Waals surface area contributed by atoms with Crippen molar-refractivity contribution in [3.05, 3.63) is 58.7 Å². The lowest BCUT2D eigenvalue weighted by Gasteiger charge is -2.16. The average Bonchev–Trinajstić information content (AvgIpc) is 2.80. The first kappa shape index (κ1) is 27.1. The first-order valence-electron chi connectivity index (χ1n) is 11.8. The lowest BCUT2D eigenvalue weighted by atomic mass is 10.1. The number of benzene rings is 2. The topological polar surface area (TPSA) is 58.5 Å². The number of oxime groups is 1. The first-order chi connectivity index (χ1) is 16.4. The number of ether oxygens (including phenoxy) is 4. The minimum atomic E-state index is 0.579. The van der Waals surface area contributed by atoms with Crippen LogP contribution in [0.1, 0.15) is 55.4 Å². The first-order valence-corrected chi connectivity index (χ1v) is 11.8. The summed E-state index contributed by atoms with van der Waals surface area (Å²) in [6.45, 7) is 11.9. The highest BCUT2D eigenvalue weighted by atomic mass is 16.6. The fourth-order valence-corrected chi connectivity index (χ4v) is 3.76. The molecular formula is C28H39NO5. The maximum absolute atomic E-state index is 6.07. The monoisotopic (exact) mass is 469 g/mol. The molecule has 6 heteroatoms. The second kappa shape index (κ2) is 14.2. The predicted molar refractivity (Wildman–Crippen MR) is 138 cm³/mol. The van der Waals surface area contributed by atoms with E-state index in [9.17, 15) is 0 Å². The van der Waals surface area contributed by atoms with Crippen LogP contribution in [-0.2, 0) is 4.84 Å². The van der Waals surface area contributed by atoms with Crippen LogP contribution >= 0.6 is 0 Å². The van der Waals surface area contributed by atoms with Crippen LogP contribution < -0.4 is 18.9 Å². The van der Waals surface area contributed by atoms with E-state index in [1.807, 2.05) is 57.2 Å². The van der Waals surface area contributed by atoms with Crippen LogP contribution in [0.4, 0.5) is 0 Å². The Labute approximate surface area is 204 Å². The van der Waals surface area contributed by atoms with Crippen molar-refractivity contribution in [1.82, 2.24) is 0 Å². The van der Waals surface area contributed by atoms with Crippen molar-refractivity contribution in [3.8, 4) is 23.0 Å². The lowest BCUT2D eigenvalue weighted by Crippen LogP contribution is -2.06. The molecule has 0 aliphatic carbocycles. The third-order valence-electron chi connectivity index (χ3n) is 5.49. The molecule has 186 valence electrons. The summed E-state index contributed by atoms with van der Waals surface area (Å²) >= 11 is 0. The van der Waals surface area contributed by atoms with Crippen molar-refractivity contribution in [2.75, 3.05) is 34.0 Å². The van der Waals surface area contributed by atoms with Gasteiger partial charge in [-0.25, -0.2) is 0 Å². The summed E-state index contributed by atoms with van der Waals surface area (Å²) in [5.41, 5.74) is 4.80. The molecule has 0 heterocycles. The number of unbranched alkanes of at least 4 members (excludes halogenated alkanes) is 2. The molecule has 0 amide bonds. The largest absolute Gasteiger partial charge is 0.496 e. The molecule has 2 aromatic carbocycles. The van der Waals surface area contributed by atoms with E-state index in [2.05, 4.69) is 19.0 Å². The van der Waals surface area contributed by atoms with Crippen molar-refractivity contribution in [1.29, 1.82) is 0 Å². The molecule has 2 aromatic rings. The van der Waals surface area contributed by atoms with Gasteiger partial charge in [-0.05, 0) is 89.3 Å². The van der Waals surface area contributed by atoms with Crippen LogP contribution in [0.5, 0.6) is 23.0 Å². The number of hydrogen-bond acceptors (Lipinski definition) is 6. The van der Waals surface area contributed by atoms with Crippen LogP contribution in [0.15, 0.2) is 41.6 Å². The summed E-state index contributed by atoms with van der Waals surface area (Å²) in [7, 11) is 3.19. The van der Waals surface area contributed by atoms with Gasteiger partial charge in [0.1, 0.15) is 36.7 Å². The van der Waals surface area contributed by atoms with Gasteiger partial charge in [-0.3, -0.25) is 0 Å². The molecule has 0 N–H and O–H groups in total. The Kier molecular flexibility index (Phi) is 11.3. The molecule has 0 saturated heterocycles. The summed E-state index contributed by atoms with van der Waals surface area (Å²) in [5.74, 6) is 3.40. The molecule has 0 spiro atoms. The van der Waals surface area contributed by atoms with Gasteiger partial charge in [0.2, 0.25) is 0 Å². The Balaban J connectivity index is 1.79. The van der Waals surface area contributed by atoms with E-state index >= 15 is 0 Å². The Hall–Kier alpha value is -3.15. The molecule has 0 unspecified atom stereocenters. The second-order valence-corrected chi connectivity index (χ2v) is 8.15. The minimum absolute atomic E-state index is 0.579. The summed E-state index contributed by atoms with van der Waals surface area (Å²) in [4.78, 5) is 4.89. The summed E-state index contributed by atoms with van der Waals surface area (Å²) < 4.78 is 23.4. The van der Waals surface area contributed by atoms with E-state index in [1.165, 1.54) is 7.11 Å². The zero-order chi connectivity index (χ0) is 24.9. The number of methoxy groups -OCH3 is 1. The summed E-state index contributed by atoms with van der Waals surface area (Å²) in [6.07, 6.45) is 6.92. The van der Waals surface area contributed by atoms with Crippen LogP contribution in [0, 0.1) is 20.8 Å². The number of aryl methyl sites for hydroxylation is 2. The Bertz CT molecular complexity index is 958. The van der Waals surface area contributed by atoms with Gasteiger partial charge in [-0.2, -0.15) is 0 Å². The molecule has 0 atom stereocenters. The maximum atomic E-state index is 6.07.